The molecule has 0 amide bonds. The van der Waals surface area contributed by atoms with Crippen molar-refractivity contribution in [3.63, 3.8) is 0 Å². The number of fused-ring (bicyclic) bond motifs is 2. The zero-order chi connectivity index (χ0) is 13.3. The minimum absolute atomic E-state index is 0.336. The van der Waals surface area contributed by atoms with Crippen molar-refractivity contribution in [1.29, 1.82) is 0 Å². The Morgan fingerprint density at radius 3 is 2.63 bits per heavy atom. The fourth-order valence-electron chi connectivity index (χ4n) is 3.48. The van der Waals surface area contributed by atoms with Crippen LogP contribution in [0.1, 0.15) is 44.6 Å². The van der Waals surface area contributed by atoms with Crippen LogP contribution >= 0.6 is 0 Å². The van der Waals surface area contributed by atoms with Crippen molar-refractivity contribution < 1.29 is 9.13 Å². The second-order valence-corrected chi connectivity index (χ2v) is 5.86. The molecule has 1 aromatic carbocycles. The molecule has 2 heterocycles. The summed E-state index contributed by atoms with van der Waals surface area (Å²) in [5, 5.41) is 3.50. The van der Waals surface area contributed by atoms with Crippen molar-refractivity contribution >= 4 is 0 Å². The van der Waals surface area contributed by atoms with Crippen molar-refractivity contribution in [3.05, 3.63) is 29.8 Å². The number of ether oxygens (including phenoxy) is 1. The van der Waals surface area contributed by atoms with E-state index in [1.54, 1.807) is 0 Å². The zero-order valence-corrected chi connectivity index (χ0v) is 11.5. The maximum absolute atomic E-state index is 15.4. The Hall–Kier alpha value is -1.09. The van der Waals surface area contributed by atoms with Gasteiger partial charge in [0.25, 0.3) is 0 Å². The van der Waals surface area contributed by atoms with Gasteiger partial charge in [-0.05, 0) is 25.3 Å². The van der Waals surface area contributed by atoms with Crippen molar-refractivity contribution in [1.82, 2.24) is 5.32 Å². The van der Waals surface area contributed by atoms with Crippen LogP contribution < -0.4 is 10.1 Å². The van der Waals surface area contributed by atoms with Crippen LogP contribution in [0.5, 0.6) is 5.75 Å². The summed E-state index contributed by atoms with van der Waals surface area (Å²) in [5.74, 6) is 0.730. The van der Waals surface area contributed by atoms with E-state index in [-0.39, 0.29) is 0 Å². The van der Waals surface area contributed by atoms with Crippen molar-refractivity contribution in [3.8, 4) is 5.75 Å². The number of benzene rings is 1. The fourth-order valence-corrected chi connectivity index (χ4v) is 3.48. The largest absolute Gasteiger partial charge is 0.493 e. The highest BCUT2D eigenvalue weighted by atomic mass is 19.1. The molecule has 0 aliphatic carbocycles. The minimum atomic E-state index is -1.22. The van der Waals surface area contributed by atoms with Gasteiger partial charge in [-0.15, -0.1) is 0 Å². The summed E-state index contributed by atoms with van der Waals surface area (Å²) in [6.07, 6.45) is 4.31. The average Bonchev–Trinajstić information content (AvgIpc) is 2.76. The van der Waals surface area contributed by atoms with E-state index in [2.05, 4.69) is 12.2 Å². The van der Waals surface area contributed by atoms with Gasteiger partial charge in [-0.25, -0.2) is 4.39 Å². The minimum Gasteiger partial charge on any atom is -0.493 e. The number of halogens is 1. The average molecular weight is 263 g/mol. The van der Waals surface area contributed by atoms with Gasteiger partial charge in [0.2, 0.25) is 0 Å². The molecule has 2 bridgehead atoms. The predicted molar refractivity (Wildman–Crippen MR) is 74.2 cm³/mol. The van der Waals surface area contributed by atoms with E-state index >= 15 is 4.39 Å². The van der Waals surface area contributed by atoms with Gasteiger partial charge in [0.1, 0.15) is 11.4 Å². The lowest BCUT2D eigenvalue weighted by Gasteiger charge is -2.36. The summed E-state index contributed by atoms with van der Waals surface area (Å²) in [6, 6.07) is 8.31. The fraction of sp³-hybridized carbons (Fsp3) is 0.625. The number of hydrogen-bond donors (Lipinski definition) is 1. The number of para-hydroxylation sites is 1. The predicted octanol–water partition coefficient (Wildman–Crippen LogP) is 3.55. The number of nitrogens with one attached hydrogen (secondary N) is 1. The van der Waals surface area contributed by atoms with Gasteiger partial charge in [-0.1, -0.05) is 25.1 Å². The molecule has 19 heavy (non-hydrogen) atoms. The maximum Gasteiger partial charge on any atom is 0.142 e. The van der Waals surface area contributed by atoms with Crippen LogP contribution in [0.3, 0.4) is 0 Å². The van der Waals surface area contributed by atoms with Crippen LogP contribution in [0.4, 0.5) is 4.39 Å². The van der Waals surface area contributed by atoms with Crippen molar-refractivity contribution in [2.75, 3.05) is 6.61 Å². The summed E-state index contributed by atoms with van der Waals surface area (Å²) in [5.41, 5.74) is -0.469. The van der Waals surface area contributed by atoms with E-state index in [1.165, 1.54) is 0 Å². The van der Waals surface area contributed by atoms with Gasteiger partial charge in [0, 0.05) is 30.5 Å². The summed E-state index contributed by atoms with van der Waals surface area (Å²) in [4.78, 5) is 0. The second kappa shape index (κ2) is 5.12. The van der Waals surface area contributed by atoms with E-state index in [1.807, 2.05) is 24.3 Å². The zero-order valence-electron chi connectivity index (χ0n) is 11.5. The van der Waals surface area contributed by atoms with Gasteiger partial charge in [-0.2, -0.15) is 0 Å². The van der Waals surface area contributed by atoms with E-state index in [9.17, 15) is 0 Å². The first kappa shape index (κ1) is 12.9. The first-order valence-electron chi connectivity index (χ1n) is 7.38. The molecule has 0 aromatic heterocycles. The highest BCUT2D eigenvalue weighted by Crippen LogP contribution is 2.46. The Bertz CT molecular complexity index is 436. The Kier molecular flexibility index (Phi) is 3.48. The molecular formula is C16H22FNO. The van der Waals surface area contributed by atoms with Crippen LogP contribution in [0, 0.1) is 0 Å². The van der Waals surface area contributed by atoms with Crippen LogP contribution in [0.25, 0.3) is 0 Å². The molecule has 2 nitrogen and oxygen atoms in total. The monoisotopic (exact) mass is 263 g/mol. The smallest absolute Gasteiger partial charge is 0.142 e. The third-order valence-corrected chi connectivity index (χ3v) is 4.31. The normalized spacial score (nSPS) is 33.4. The van der Waals surface area contributed by atoms with E-state index in [0.717, 1.165) is 30.6 Å². The molecule has 2 unspecified atom stereocenters. The molecule has 0 radical (unpaired) electrons. The highest BCUT2D eigenvalue weighted by Gasteiger charge is 2.46. The Morgan fingerprint density at radius 1 is 1.26 bits per heavy atom. The summed E-state index contributed by atoms with van der Waals surface area (Å²) in [6.45, 7) is 2.72. The summed E-state index contributed by atoms with van der Waals surface area (Å²) >= 11 is 0. The molecule has 2 atom stereocenters. The van der Waals surface area contributed by atoms with Crippen molar-refractivity contribution in [2.45, 2.75) is 56.8 Å². The van der Waals surface area contributed by atoms with Crippen molar-refractivity contribution in [2.24, 2.45) is 0 Å². The second-order valence-electron chi connectivity index (χ2n) is 5.86. The van der Waals surface area contributed by atoms with Crippen LogP contribution in [-0.4, -0.2) is 18.7 Å². The number of piperidine rings is 1. The van der Waals surface area contributed by atoms with Gasteiger partial charge in [0.15, 0.2) is 0 Å². The molecule has 3 heteroatoms. The lowest BCUT2D eigenvalue weighted by Crippen LogP contribution is -2.44. The molecule has 104 valence electrons. The number of hydrogen-bond acceptors (Lipinski definition) is 2. The maximum atomic E-state index is 15.4. The SMILES string of the molecule is CCCOc1ccccc1C1(F)CC2CCC(C1)N2. The van der Waals surface area contributed by atoms with E-state index in [0.29, 0.717) is 31.5 Å². The van der Waals surface area contributed by atoms with Gasteiger partial charge < -0.3 is 10.1 Å². The molecule has 0 spiro atoms. The van der Waals surface area contributed by atoms with E-state index < -0.39 is 5.67 Å². The molecule has 0 saturated carbocycles. The Labute approximate surface area is 114 Å². The van der Waals surface area contributed by atoms with Gasteiger partial charge in [-0.3, -0.25) is 0 Å². The lowest BCUT2D eigenvalue weighted by molar-refractivity contribution is 0.0833. The summed E-state index contributed by atoms with van der Waals surface area (Å²) in [7, 11) is 0. The number of alkyl halides is 1. The quantitative estimate of drug-likeness (QED) is 0.897. The number of rotatable bonds is 4. The standard InChI is InChI=1S/C16H22FNO/c1-2-9-19-15-6-4-3-5-14(15)16(17)10-12-7-8-13(11-16)18-12/h3-6,12-13,18H,2,7-11H2,1H3. The topological polar surface area (TPSA) is 21.3 Å². The third kappa shape index (κ3) is 2.48. The first-order chi connectivity index (χ1) is 9.21. The molecule has 1 N–H and O–H groups in total. The first-order valence-corrected chi connectivity index (χ1v) is 7.38. The summed E-state index contributed by atoms with van der Waals surface area (Å²) < 4.78 is 21.1. The molecular weight excluding hydrogens is 241 g/mol. The molecule has 2 saturated heterocycles. The highest BCUT2D eigenvalue weighted by molar-refractivity contribution is 5.39. The van der Waals surface area contributed by atoms with Crippen LogP contribution in [0.2, 0.25) is 0 Å². The van der Waals surface area contributed by atoms with Gasteiger partial charge in [0.05, 0.1) is 6.61 Å². The third-order valence-electron chi connectivity index (χ3n) is 4.31. The van der Waals surface area contributed by atoms with Gasteiger partial charge >= 0.3 is 0 Å². The Balaban J connectivity index is 1.88. The lowest BCUT2D eigenvalue weighted by atomic mass is 9.82. The molecule has 1 aromatic rings. The van der Waals surface area contributed by atoms with Crippen LogP contribution in [0.15, 0.2) is 24.3 Å². The molecule has 2 aliphatic heterocycles. The van der Waals surface area contributed by atoms with E-state index in [4.69, 9.17) is 4.74 Å². The van der Waals surface area contributed by atoms with Crippen LogP contribution in [-0.2, 0) is 5.67 Å². The molecule has 3 rings (SSSR count). The Morgan fingerprint density at radius 2 is 1.95 bits per heavy atom. The molecule has 2 aliphatic rings. The molecule has 2 fully saturated rings.